The number of rotatable bonds is 8. The van der Waals surface area contributed by atoms with Crippen LogP contribution in [0.2, 0.25) is 0 Å². The van der Waals surface area contributed by atoms with E-state index in [0.29, 0.717) is 6.42 Å². The fourth-order valence-electron chi connectivity index (χ4n) is 3.05. The van der Waals surface area contributed by atoms with Crippen LogP contribution in [0.5, 0.6) is 0 Å². The summed E-state index contributed by atoms with van der Waals surface area (Å²) in [6.07, 6.45) is 7.14. The number of nitrogens with zero attached hydrogens (tertiary/aromatic N) is 1. The molecule has 0 bridgehead atoms. The van der Waals surface area contributed by atoms with Crippen molar-refractivity contribution in [1.82, 2.24) is 5.32 Å². The highest BCUT2D eigenvalue weighted by Gasteiger charge is 2.21. The quantitative estimate of drug-likeness (QED) is 0.726. The predicted octanol–water partition coefficient (Wildman–Crippen LogP) is 2.68. The Bertz CT molecular complexity index is 435. The first-order chi connectivity index (χ1) is 10.8. The van der Waals surface area contributed by atoms with Crippen molar-refractivity contribution in [3.05, 3.63) is 30.3 Å². The van der Waals surface area contributed by atoms with E-state index in [1.165, 1.54) is 5.69 Å². The number of hydrogen-bond donors (Lipinski definition) is 2. The summed E-state index contributed by atoms with van der Waals surface area (Å²) in [5.41, 5.74) is 6.72. The number of unbranched alkanes of at least 4 members (excludes halogenated alkanes) is 3. The minimum atomic E-state index is 0.202. The molecule has 4 heteroatoms. The molecule has 1 unspecified atom stereocenters. The standard InChI is InChI=1S/C18H29N3O/c19-13-7-2-1-6-12-18(22)20-16-9-8-14-21(15-16)17-10-4-3-5-11-17/h3-5,10-11,16H,1-2,6-9,12-15,19H2,(H,20,22). The summed E-state index contributed by atoms with van der Waals surface area (Å²) < 4.78 is 0. The third-order valence-electron chi connectivity index (χ3n) is 4.27. The molecule has 1 fully saturated rings. The van der Waals surface area contributed by atoms with E-state index in [2.05, 4.69) is 34.5 Å². The Morgan fingerprint density at radius 1 is 1.18 bits per heavy atom. The van der Waals surface area contributed by atoms with Crippen LogP contribution in [0, 0.1) is 0 Å². The minimum Gasteiger partial charge on any atom is -0.369 e. The molecule has 1 aromatic rings. The zero-order valence-electron chi connectivity index (χ0n) is 13.5. The topological polar surface area (TPSA) is 58.4 Å². The van der Waals surface area contributed by atoms with Crippen LogP contribution in [-0.2, 0) is 4.79 Å². The van der Waals surface area contributed by atoms with E-state index in [1.807, 2.05) is 6.07 Å². The Morgan fingerprint density at radius 2 is 1.95 bits per heavy atom. The van der Waals surface area contributed by atoms with Gasteiger partial charge in [-0.2, -0.15) is 0 Å². The molecular weight excluding hydrogens is 274 g/mol. The van der Waals surface area contributed by atoms with E-state index >= 15 is 0 Å². The number of piperidine rings is 1. The number of nitrogens with one attached hydrogen (secondary N) is 1. The number of carbonyl (C=O) groups excluding carboxylic acids is 1. The number of benzene rings is 1. The van der Waals surface area contributed by atoms with E-state index in [1.54, 1.807) is 0 Å². The van der Waals surface area contributed by atoms with E-state index in [-0.39, 0.29) is 11.9 Å². The molecule has 122 valence electrons. The van der Waals surface area contributed by atoms with Crippen LogP contribution in [0.1, 0.15) is 44.9 Å². The molecule has 4 nitrogen and oxygen atoms in total. The normalized spacial score (nSPS) is 18.2. The van der Waals surface area contributed by atoms with Gasteiger partial charge in [0.2, 0.25) is 5.91 Å². The Morgan fingerprint density at radius 3 is 2.73 bits per heavy atom. The van der Waals surface area contributed by atoms with Crippen molar-refractivity contribution in [3.63, 3.8) is 0 Å². The second-order valence-electron chi connectivity index (χ2n) is 6.14. The van der Waals surface area contributed by atoms with Gasteiger partial charge in [0.1, 0.15) is 0 Å². The molecule has 1 heterocycles. The summed E-state index contributed by atoms with van der Waals surface area (Å²) in [6, 6.07) is 10.7. The summed E-state index contributed by atoms with van der Waals surface area (Å²) in [5, 5.41) is 3.20. The van der Waals surface area contributed by atoms with Crippen molar-refractivity contribution in [2.75, 3.05) is 24.5 Å². The van der Waals surface area contributed by atoms with Gasteiger partial charge in [-0.25, -0.2) is 0 Å². The maximum Gasteiger partial charge on any atom is 0.220 e. The molecule has 1 saturated heterocycles. The van der Waals surface area contributed by atoms with Crippen molar-refractivity contribution in [2.24, 2.45) is 5.73 Å². The highest BCUT2D eigenvalue weighted by molar-refractivity contribution is 5.76. The number of anilines is 1. The average molecular weight is 303 g/mol. The molecule has 0 spiro atoms. The van der Waals surface area contributed by atoms with Crippen molar-refractivity contribution in [2.45, 2.75) is 51.0 Å². The van der Waals surface area contributed by atoms with Crippen LogP contribution in [0.15, 0.2) is 30.3 Å². The van der Waals surface area contributed by atoms with Gasteiger partial charge >= 0.3 is 0 Å². The molecule has 3 N–H and O–H groups in total. The highest BCUT2D eigenvalue weighted by Crippen LogP contribution is 2.19. The van der Waals surface area contributed by atoms with Gasteiger partial charge < -0.3 is 16.0 Å². The molecule has 1 aliphatic rings. The van der Waals surface area contributed by atoms with Crippen LogP contribution in [-0.4, -0.2) is 31.6 Å². The summed E-state index contributed by atoms with van der Waals surface area (Å²) >= 11 is 0. The maximum absolute atomic E-state index is 12.0. The average Bonchev–Trinajstić information content (AvgIpc) is 2.56. The Balaban J connectivity index is 1.70. The van der Waals surface area contributed by atoms with Crippen molar-refractivity contribution in [1.29, 1.82) is 0 Å². The fraction of sp³-hybridized carbons (Fsp3) is 0.611. The highest BCUT2D eigenvalue weighted by atomic mass is 16.1. The van der Waals surface area contributed by atoms with E-state index in [9.17, 15) is 4.79 Å². The molecule has 1 aromatic carbocycles. The van der Waals surface area contributed by atoms with E-state index in [4.69, 9.17) is 5.73 Å². The fourth-order valence-corrected chi connectivity index (χ4v) is 3.05. The Kier molecular flexibility index (Phi) is 7.23. The Hall–Kier alpha value is -1.55. The first-order valence-corrected chi connectivity index (χ1v) is 8.59. The molecule has 1 amide bonds. The number of para-hydroxylation sites is 1. The molecule has 0 radical (unpaired) electrons. The van der Waals surface area contributed by atoms with Crippen molar-refractivity contribution in [3.8, 4) is 0 Å². The second-order valence-corrected chi connectivity index (χ2v) is 6.14. The summed E-state index contributed by atoms with van der Waals surface area (Å²) in [5.74, 6) is 0.202. The smallest absolute Gasteiger partial charge is 0.220 e. The monoisotopic (exact) mass is 303 g/mol. The van der Waals surface area contributed by atoms with Gasteiger partial charge in [-0.15, -0.1) is 0 Å². The van der Waals surface area contributed by atoms with Crippen LogP contribution in [0.4, 0.5) is 5.69 Å². The number of carbonyl (C=O) groups is 1. The lowest BCUT2D eigenvalue weighted by Gasteiger charge is -2.34. The lowest BCUT2D eigenvalue weighted by Crippen LogP contribution is -2.47. The van der Waals surface area contributed by atoms with Crippen LogP contribution in [0.25, 0.3) is 0 Å². The third kappa shape index (κ3) is 5.68. The number of hydrogen-bond acceptors (Lipinski definition) is 3. The summed E-state index contributed by atoms with van der Waals surface area (Å²) in [6.45, 7) is 2.75. The molecule has 1 atom stereocenters. The maximum atomic E-state index is 12.0. The van der Waals surface area contributed by atoms with Crippen molar-refractivity contribution >= 4 is 11.6 Å². The number of nitrogens with two attached hydrogens (primary N) is 1. The SMILES string of the molecule is NCCCCCCC(=O)NC1CCCN(c2ccccc2)C1. The van der Waals surface area contributed by atoms with Gasteiger partial charge in [0.25, 0.3) is 0 Å². The zero-order valence-corrected chi connectivity index (χ0v) is 13.5. The van der Waals surface area contributed by atoms with Gasteiger partial charge in [0.05, 0.1) is 0 Å². The van der Waals surface area contributed by atoms with Gasteiger partial charge in [0, 0.05) is 31.2 Å². The largest absolute Gasteiger partial charge is 0.369 e. The number of amides is 1. The zero-order chi connectivity index (χ0) is 15.6. The van der Waals surface area contributed by atoms with Crippen LogP contribution < -0.4 is 16.0 Å². The summed E-state index contributed by atoms with van der Waals surface area (Å²) in [7, 11) is 0. The lowest BCUT2D eigenvalue weighted by atomic mass is 10.0. The molecule has 0 aliphatic carbocycles. The lowest BCUT2D eigenvalue weighted by molar-refractivity contribution is -0.122. The van der Waals surface area contributed by atoms with Crippen LogP contribution in [0.3, 0.4) is 0 Å². The molecular formula is C18H29N3O. The molecule has 0 saturated carbocycles. The van der Waals surface area contributed by atoms with Gasteiger partial charge in [-0.1, -0.05) is 31.0 Å². The third-order valence-corrected chi connectivity index (χ3v) is 4.27. The second kappa shape index (κ2) is 9.46. The van der Waals surface area contributed by atoms with Gasteiger partial charge in [-0.05, 0) is 44.4 Å². The molecule has 22 heavy (non-hydrogen) atoms. The molecule has 0 aromatic heterocycles. The first-order valence-electron chi connectivity index (χ1n) is 8.59. The van der Waals surface area contributed by atoms with E-state index < -0.39 is 0 Å². The van der Waals surface area contributed by atoms with Gasteiger partial charge in [-0.3, -0.25) is 4.79 Å². The van der Waals surface area contributed by atoms with Crippen molar-refractivity contribution < 1.29 is 4.79 Å². The predicted molar refractivity (Wildman–Crippen MR) is 92.0 cm³/mol. The minimum absolute atomic E-state index is 0.202. The first kappa shape index (κ1) is 16.8. The Labute approximate surface area is 134 Å². The van der Waals surface area contributed by atoms with E-state index in [0.717, 1.165) is 58.2 Å². The molecule has 2 rings (SSSR count). The van der Waals surface area contributed by atoms with Crippen LogP contribution >= 0.6 is 0 Å². The molecule has 1 aliphatic heterocycles. The van der Waals surface area contributed by atoms with Gasteiger partial charge in [0.15, 0.2) is 0 Å². The summed E-state index contributed by atoms with van der Waals surface area (Å²) in [4.78, 5) is 14.4.